The Bertz CT molecular complexity index is 820. The van der Waals surface area contributed by atoms with Crippen LogP contribution >= 0.6 is 0 Å². The average molecular weight is 441 g/mol. The summed E-state index contributed by atoms with van der Waals surface area (Å²) >= 11 is 0. The van der Waals surface area contributed by atoms with Crippen molar-refractivity contribution in [3.8, 4) is 5.75 Å². The lowest BCUT2D eigenvalue weighted by molar-refractivity contribution is 0.0474. The summed E-state index contributed by atoms with van der Waals surface area (Å²) in [6, 6.07) is 6.86. The molecule has 4 nitrogen and oxygen atoms in total. The third-order valence-corrected chi connectivity index (χ3v) is 8.94. The van der Waals surface area contributed by atoms with Gasteiger partial charge in [0.2, 0.25) is 0 Å². The molecule has 0 aromatic heterocycles. The Labute approximate surface area is 195 Å². The third-order valence-electron chi connectivity index (χ3n) is 8.94. The quantitative estimate of drug-likeness (QED) is 0.405. The van der Waals surface area contributed by atoms with Crippen LogP contribution in [0.3, 0.4) is 0 Å². The summed E-state index contributed by atoms with van der Waals surface area (Å²) < 4.78 is 5.57. The van der Waals surface area contributed by atoms with E-state index < -0.39 is 0 Å². The number of nitrogens with zero attached hydrogens (tertiary/aromatic N) is 2. The predicted molar refractivity (Wildman–Crippen MR) is 132 cm³/mol. The zero-order chi connectivity index (χ0) is 22.9. The molecule has 2 saturated carbocycles. The molecular formula is C28H44N2O2. The lowest BCUT2D eigenvalue weighted by Gasteiger charge is -2.52. The van der Waals surface area contributed by atoms with Crippen LogP contribution in [0.25, 0.3) is 0 Å². The molecule has 4 rings (SSSR count). The number of unbranched alkanes of at least 4 members (excludes halogenated alkanes) is 1. The fourth-order valence-electron chi connectivity index (χ4n) is 7.68. The van der Waals surface area contributed by atoms with Crippen molar-refractivity contribution >= 4 is 5.71 Å². The van der Waals surface area contributed by atoms with Gasteiger partial charge >= 0.3 is 0 Å². The highest BCUT2D eigenvalue weighted by molar-refractivity contribution is 5.94. The van der Waals surface area contributed by atoms with Gasteiger partial charge in [-0.2, -0.15) is 5.10 Å². The van der Waals surface area contributed by atoms with Crippen molar-refractivity contribution in [3.05, 3.63) is 29.3 Å². The molecule has 1 N–H and O–H groups in total. The molecule has 1 aromatic rings. The van der Waals surface area contributed by atoms with Gasteiger partial charge < -0.3 is 14.9 Å². The molecule has 3 aliphatic carbocycles. The number of ether oxygens (including phenoxy) is 1. The molecule has 0 bridgehead atoms. The number of methoxy groups -OCH3 is 1. The number of aliphatic hydroxyl groups is 1. The molecule has 3 aliphatic rings. The Morgan fingerprint density at radius 2 is 2.03 bits per heavy atom. The first kappa shape index (κ1) is 23.6. The fraction of sp³-hybridized carbons (Fsp3) is 0.750. The maximum atomic E-state index is 9.34. The van der Waals surface area contributed by atoms with Gasteiger partial charge in [-0.15, -0.1) is 0 Å². The van der Waals surface area contributed by atoms with E-state index in [4.69, 9.17) is 9.84 Å². The second-order valence-corrected chi connectivity index (χ2v) is 11.0. The minimum atomic E-state index is 0.214. The maximum Gasteiger partial charge on any atom is 0.119 e. The van der Waals surface area contributed by atoms with Gasteiger partial charge in [0.25, 0.3) is 0 Å². The maximum absolute atomic E-state index is 9.34. The molecule has 0 amide bonds. The van der Waals surface area contributed by atoms with Crippen LogP contribution in [0.1, 0.15) is 82.3 Å². The first-order valence-corrected chi connectivity index (χ1v) is 13.0. The lowest BCUT2D eigenvalue weighted by atomic mass is 9.52. The van der Waals surface area contributed by atoms with E-state index in [1.807, 2.05) is 5.01 Å². The van der Waals surface area contributed by atoms with Crippen LogP contribution in [0.2, 0.25) is 0 Å². The first-order chi connectivity index (χ1) is 15.4. The van der Waals surface area contributed by atoms with Gasteiger partial charge in [0.1, 0.15) is 5.75 Å². The normalized spacial score (nSPS) is 34.7. The van der Waals surface area contributed by atoms with Crippen molar-refractivity contribution in [1.29, 1.82) is 0 Å². The minimum Gasteiger partial charge on any atom is -0.497 e. The molecule has 0 unspecified atom stereocenters. The van der Waals surface area contributed by atoms with Gasteiger partial charge in [0, 0.05) is 31.8 Å². The summed E-state index contributed by atoms with van der Waals surface area (Å²) in [4.78, 5) is 0. The van der Waals surface area contributed by atoms with E-state index in [1.165, 1.54) is 56.2 Å². The van der Waals surface area contributed by atoms with E-state index in [9.17, 15) is 5.11 Å². The number of aliphatic hydroxyl groups excluding tert-OH is 1. The minimum absolute atomic E-state index is 0.214. The summed E-state index contributed by atoms with van der Waals surface area (Å²) in [6.07, 6.45) is 10.8. The van der Waals surface area contributed by atoms with Crippen LogP contribution in [-0.2, 0) is 6.42 Å². The molecule has 1 aromatic carbocycles. The number of hydrazone groups is 1. The van der Waals surface area contributed by atoms with Crippen molar-refractivity contribution < 1.29 is 9.84 Å². The summed E-state index contributed by atoms with van der Waals surface area (Å²) in [7, 11) is 5.93. The standard InChI is InChI=1S/C28H44N2O2/c1-6-9-19-16-21-17-22(32-5)11-12-23(21)24-13-14-28(2)25(26(19)24)18-20(10-7-8-15-31)27(28)29-30(3)4/h11-12,17,19-20,24-26,31H,6-10,13-16,18H2,1-5H3/t19-,20-,24-,25+,26-,28+/m1/s1. The van der Waals surface area contributed by atoms with Crippen molar-refractivity contribution in [1.82, 2.24) is 5.01 Å². The fourth-order valence-corrected chi connectivity index (χ4v) is 7.68. The van der Waals surface area contributed by atoms with Crippen LogP contribution < -0.4 is 4.74 Å². The zero-order valence-electron chi connectivity index (χ0n) is 20.9. The van der Waals surface area contributed by atoms with E-state index in [-0.39, 0.29) is 5.41 Å². The van der Waals surface area contributed by atoms with Gasteiger partial charge in [0.15, 0.2) is 0 Å². The van der Waals surface area contributed by atoms with E-state index >= 15 is 0 Å². The van der Waals surface area contributed by atoms with Crippen LogP contribution in [0.15, 0.2) is 23.3 Å². The molecule has 0 spiro atoms. The van der Waals surface area contributed by atoms with Crippen molar-refractivity contribution in [2.45, 2.75) is 77.6 Å². The molecule has 32 heavy (non-hydrogen) atoms. The van der Waals surface area contributed by atoms with Gasteiger partial charge in [0.05, 0.1) is 7.11 Å². The van der Waals surface area contributed by atoms with Crippen LogP contribution in [0, 0.1) is 29.1 Å². The number of rotatable bonds is 8. The molecule has 6 atom stereocenters. The molecule has 0 aliphatic heterocycles. The van der Waals surface area contributed by atoms with Crippen molar-refractivity contribution in [2.75, 3.05) is 27.8 Å². The Morgan fingerprint density at radius 3 is 2.72 bits per heavy atom. The van der Waals surface area contributed by atoms with Crippen LogP contribution in [0.5, 0.6) is 5.75 Å². The zero-order valence-corrected chi connectivity index (χ0v) is 20.9. The van der Waals surface area contributed by atoms with E-state index in [2.05, 4.69) is 46.1 Å². The Balaban J connectivity index is 1.71. The highest BCUT2D eigenvalue weighted by Crippen LogP contribution is 2.63. The second kappa shape index (κ2) is 9.75. The molecule has 0 radical (unpaired) electrons. The van der Waals surface area contributed by atoms with Gasteiger partial charge in [-0.05, 0) is 91.4 Å². The second-order valence-electron chi connectivity index (χ2n) is 11.0. The monoisotopic (exact) mass is 440 g/mol. The van der Waals surface area contributed by atoms with Gasteiger partial charge in [-0.1, -0.05) is 39.2 Å². The Hall–Kier alpha value is -1.55. The molecule has 178 valence electrons. The molecule has 0 heterocycles. The summed E-state index contributed by atoms with van der Waals surface area (Å²) in [5.74, 6) is 4.47. The number of fused-ring (bicyclic) bond motifs is 5. The lowest BCUT2D eigenvalue weighted by Crippen LogP contribution is -2.46. The van der Waals surface area contributed by atoms with Crippen LogP contribution in [0.4, 0.5) is 0 Å². The summed E-state index contributed by atoms with van der Waals surface area (Å²) in [5, 5.41) is 16.5. The number of benzene rings is 1. The average Bonchev–Trinajstić information content (AvgIpc) is 3.04. The number of hydrogen-bond donors (Lipinski definition) is 1. The molecular weight excluding hydrogens is 396 g/mol. The largest absolute Gasteiger partial charge is 0.497 e. The topological polar surface area (TPSA) is 45.1 Å². The van der Waals surface area contributed by atoms with Crippen molar-refractivity contribution in [2.24, 2.45) is 34.2 Å². The summed E-state index contributed by atoms with van der Waals surface area (Å²) in [5.41, 5.74) is 4.80. The van der Waals surface area contributed by atoms with E-state index in [0.29, 0.717) is 24.4 Å². The van der Waals surface area contributed by atoms with Crippen molar-refractivity contribution in [3.63, 3.8) is 0 Å². The predicted octanol–water partition coefficient (Wildman–Crippen LogP) is 5.88. The highest BCUT2D eigenvalue weighted by atomic mass is 16.5. The first-order valence-electron chi connectivity index (χ1n) is 13.0. The Morgan fingerprint density at radius 1 is 1.22 bits per heavy atom. The van der Waals surface area contributed by atoms with Crippen LogP contribution in [-0.4, -0.2) is 43.6 Å². The smallest absolute Gasteiger partial charge is 0.119 e. The van der Waals surface area contributed by atoms with E-state index in [0.717, 1.165) is 30.4 Å². The third kappa shape index (κ3) is 4.20. The number of hydrogen-bond acceptors (Lipinski definition) is 4. The van der Waals surface area contributed by atoms with Gasteiger partial charge in [-0.25, -0.2) is 0 Å². The molecule has 0 saturated heterocycles. The van der Waals surface area contributed by atoms with E-state index in [1.54, 1.807) is 12.7 Å². The van der Waals surface area contributed by atoms with Gasteiger partial charge in [-0.3, -0.25) is 0 Å². The molecule has 4 heteroatoms. The highest BCUT2D eigenvalue weighted by Gasteiger charge is 2.58. The molecule has 2 fully saturated rings. The SMILES string of the molecule is CCC[C@@H]1Cc2cc(OC)ccc2[C@H]2CC[C@]3(C)C(=NN(C)C)[C@H](CCCCO)C[C@H]3[C@H]12. The summed E-state index contributed by atoms with van der Waals surface area (Å²) in [6.45, 7) is 5.19. The Kier molecular flexibility index (Phi) is 7.19.